The van der Waals surface area contributed by atoms with Crippen molar-refractivity contribution >= 4 is 15.9 Å². The fraction of sp³-hybridized carbons (Fsp3) is 0.625. The molecule has 0 radical (unpaired) electrons. The largest absolute Gasteiger partial charge is 0.493 e. The lowest BCUT2D eigenvalue weighted by atomic mass is 9.98. The zero-order valence-corrected chi connectivity index (χ0v) is 13.4. The minimum atomic E-state index is 0.571. The predicted molar refractivity (Wildman–Crippen MR) is 82.8 cm³/mol. The van der Waals surface area contributed by atoms with Crippen LogP contribution in [0.3, 0.4) is 0 Å². The van der Waals surface area contributed by atoms with Crippen LogP contribution in [0.2, 0.25) is 0 Å². The Morgan fingerprint density at radius 2 is 1.89 bits per heavy atom. The maximum atomic E-state index is 5.96. The highest BCUT2D eigenvalue weighted by Crippen LogP contribution is 2.28. The second-order valence-electron chi connectivity index (χ2n) is 5.07. The number of hydrogen-bond donors (Lipinski definition) is 0. The Kier molecular flexibility index (Phi) is 7.41. The van der Waals surface area contributed by atoms with Crippen LogP contribution in [0, 0.1) is 5.92 Å². The van der Waals surface area contributed by atoms with Crippen molar-refractivity contribution < 1.29 is 4.74 Å². The van der Waals surface area contributed by atoms with Crippen LogP contribution in [0.5, 0.6) is 5.75 Å². The zero-order valence-electron chi connectivity index (χ0n) is 11.8. The van der Waals surface area contributed by atoms with E-state index in [1.54, 1.807) is 0 Å². The normalized spacial score (nSPS) is 14.2. The summed E-state index contributed by atoms with van der Waals surface area (Å²) in [5.74, 6) is 2.36. The third-order valence-corrected chi connectivity index (χ3v) is 3.99. The average molecular weight is 313 g/mol. The van der Waals surface area contributed by atoms with Crippen molar-refractivity contribution in [3.63, 3.8) is 0 Å². The van der Waals surface area contributed by atoms with Crippen LogP contribution in [-0.4, -0.2) is 11.9 Å². The number of benzene rings is 1. The third kappa shape index (κ3) is 5.01. The summed E-state index contributed by atoms with van der Waals surface area (Å²) in [6.45, 7) is 7.59. The van der Waals surface area contributed by atoms with Gasteiger partial charge < -0.3 is 4.74 Å². The lowest BCUT2D eigenvalue weighted by Crippen LogP contribution is -2.06. The summed E-state index contributed by atoms with van der Waals surface area (Å²) in [6, 6.07) is 8.44. The van der Waals surface area contributed by atoms with Gasteiger partial charge in [-0.25, -0.2) is 0 Å². The molecule has 0 N–H and O–H groups in total. The summed E-state index contributed by atoms with van der Waals surface area (Å²) >= 11 is 3.49. The van der Waals surface area contributed by atoms with Gasteiger partial charge in [0.25, 0.3) is 0 Å². The van der Waals surface area contributed by atoms with Crippen LogP contribution in [-0.2, 0) is 0 Å². The van der Waals surface area contributed by atoms with Gasteiger partial charge in [0.05, 0.1) is 6.61 Å². The molecule has 0 amide bonds. The van der Waals surface area contributed by atoms with Crippen LogP contribution in [0.1, 0.15) is 51.5 Å². The van der Waals surface area contributed by atoms with Crippen LogP contribution in [0.25, 0.3) is 0 Å². The number of halogens is 1. The highest BCUT2D eigenvalue weighted by Gasteiger charge is 2.09. The van der Waals surface area contributed by atoms with Crippen molar-refractivity contribution in [2.24, 2.45) is 5.92 Å². The van der Waals surface area contributed by atoms with Gasteiger partial charge in [-0.2, -0.15) is 0 Å². The minimum absolute atomic E-state index is 0.571. The Morgan fingerprint density at radius 3 is 2.56 bits per heavy atom. The first kappa shape index (κ1) is 15.6. The Hall–Kier alpha value is -0.500. The molecule has 2 atom stereocenters. The highest BCUT2D eigenvalue weighted by atomic mass is 79.9. The van der Waals surface area contributed by atoms with E-state index in [0.29, 0.717) is 5.92 Å². The molecule has 2 heteroatoms. The summed E-state index contributed by atoms with van der Waals surface area (Å²) in [4.78, 5) is 0. The summed E-state index contributed by atoms with van der Waals surface area (Å²) in [5.41, 5.74) is 1.34. The van der Waals surface area contributed by atoms with Crippen molar-refractivity contribution in [1.29, 1.82) is 0 Å². The van der Waals surface area contributed by atoms with Gasteiger partial charge in [0.1, 0.15) is 5.75 Å². The van der Waals surface area contributed by atoms with Gasteiger partial charge in [0.15, 0.2) is 0 Å². The van der Waals surface area contributed by atoms with E-state index in [2.05, 4.69) is 61.0 Å². The van der Waals surface area contributed by atoms with E-state index in [0.717, 1.165) is 36.4 Å². The zero-order chi connectivity index (χ0) is 13.4. The van der Waals surface area contributed by atoms with E-state index in [1.807, 2.05) is 0 Å². The maximum absolute atomic E-state index is 5.96. The molecule has 0 heterocycles. The average Bonchev–Trinajstić information content (AvgIpc) is 2.39. The monoisotopic (exact) mass is 312 g/mol. The molecule has 18 heavy (non-hydrogen) atoms. The third-order valence-electron chi connectivity index (χ3n) is 3.53. The smallest absolute Gasteiger partial charge is 0.122 e. The molecule has 1 aromatic rings. The number of ether oxygens (including phenoxy) is 1. The lowest BCUT2D eigenvalue weighted by Gasteiger charge is -2.16. The van der Waals surface area contributed by atoms with Crippen molar-refractivity contribution in [2.45, 2.75) is 46.0 Å². The molecule has 2 unspecified atom stereocenters. The molecule has 0 saturated heterocycles. The van der Waals surface area contributed by atoms with Gasteiger partial charge in [-0.05, 0) is 42.7 Å². The maximum Gasteiger partial charge on any atom is 0.122 e. The fourth-order valence-electron chi connectivity index (χ4n) is 1.94. The molecule has 0 fully saturated rings. The van der Waals surface area contributed by atoms with Gasteiger partial charge >= 0.3 is 0 Å². The van der Waals surface area contributed by atoms with Crippen LogP contribution >= 0.6 is 15.9 Å². The first-order chi connectivity index (χ1) is 8.69. The van der Waals surface area contributed by atoms with Crippen LogP contribution in [0.15, 0.2) is 24.3 Å². The van der Waals surface area contributed by atoms with Crippen LogP contribution < -0.4 is 4.74 Å². The van der Waals surface area contributed by atoms with E-state index in [-0.39, 0.29) is 0 Å². The second-order valence-corrected chi connectivity index (χ2v) is 5.86. The number of alkyl halides is 1. The topological polar surface area (TPSA) is 9.23 Å². The SMILES string of the molecule is CCC(C)c1ccccc1OCCC(C)CCBr. The standard InChI is InChI=1S/C16H25BrO/c1-4-14(3)15-7-5-6-8-16(15)18-12-10-13(2)9-11-17/h5-8,13-14H,4,9-12H2,1-3H3. The molecule has 1 aromatic carbocycles. The highest BCUT2D eigenvalue weighted by molar-refractivity contribution is 9.09. The molecule has 0 bridgehead atoms. The molecule has 0 saturated carbocycles. The first-order valence-corrected chi connectivity index (χ1v) is 8.08. The summed E-state index contributed by atoms with van der Waals surface area (Å²) in [6.07, 6.45) is 3.50. The molecular formula is C16H25BrO. The lowest BCUT2D eigenvalue weighted by molar-refractivity contribution is 0.278. The van der Waals surface area contributed by atoms with Gasteiger partial charge in [0.2, 0.25) is 0 Å². The van der Waals surface area contributed by atoms with E-state index in [1.165, 1.54) is 12.0 Å². The van der Waals surface area contributed by atoms with E-state index < -0.39 is 0 Å². The summed E-state index contributed by atoms with van der Waals surface area (Å²) in [5, 5.41) is 1.08. The van der Waals surface area contributed by atoms with Gasteiger partial charge in [0, 0.05) is 5.33 Å². The summed E-state index contributed by atoms with van der Waals surface area (Å²) < 4.78 is 5.96. The second kappa shape index (κ2) is 8.58. The Morgan fingerprint density at radius 1 is 1.17 bits per heavy atom. The quantitative estimate of drug-likeness (QED) is 0.585. The van der Waals surface area contributed by atoms with Gasteiger partial charge in [-0.3, -0.25) is 0 Å². The predicted octanol–water partition coefficient (Wildman–Crippen LogP) is 5.39. The molecule has 0 aliphatic rings. The molecule has 1 rings (SSSR count). The number of hydrogen-bond acceptors (Lipinski definition) is 1. The molecule has 0 aliphatic carbocycles. The van der Waals surface area contributed by atoms with E-state index in [9.17, 15) is 0 Å². The van der Waals surface area contributed by atoms with E-state index in [4.69, 9.17) is 4.74 Å². The van der Waals surface area contributed by atoms with E-state index >= 15 is 0 Å². The van der Waals surface area contributed by atoms with Gasteiger partial charge in [-0.15, -0.1) is 0 Å². The minimum Gasteiger partial charge on any atom is -0.493 e. The number of para-hydroxylation sites is 1. The Labute approximate surface area is 120 Å². The van der Waals surface area contributed by atoms with Gasteiger partial charge in [-0.1, -0.05) is 54.9 Å². The molecule has 0 aliphatic heterocycles. The van der Waals surface area contributed by atoms with Crippen molar-refractivity contribution in [2.75, 3.05) is 11.9 Å². The molecular weight excluding hydrogens is 288 g/mol. The molecule has 102 valence electrons. The van der Waals surface area contributed by atoms with Crippen molar-refractivity contribution in [3.8, 4) is 5.75 Å². The van der Waals surface area contributed by atoms with Crippen molar-refractivity contribution in [3.05, 3.63) is 29.8 Å². The fourth-order valence-corrected chi connectivity index (χ4v) is 2.72. The molecule has 0 aromatic heterocycles. The first-order valence-electron chi connectivity index (χ1n) is 6.96. The summed E-state index contributed by atoms with van der Waals surface area (Å²) in [7, 11) is 0. The van der Waals surface area contributed by atoms with Crippen molar-refractivity contribution in [1.82, 2.24) is 0 Å². The Bertz CT molecular complexity index is 338. The number of rotatable bonds is 8. The van der Waals surface area contributed by atoms with Crippen LogP contribution in [0.4, 0.5) is 0 Å². The molecule has 0 spiro atoms. The Balaban J connectivity index is 2.51. The molecule has 1 nitrogen and oxygen atoms in total.